The Kier molecular flexibility index (Phi) is 3.28. The van der Waals surface area contributed by atoms with Gasteiger partial charge >= 0.3 is 0 Å². The Bertz CT molecular complexity index is 438. The summed E-state index contributed by atoms with van der Waals surface area (Å²) in [6.45, 7) is 1.32. The van der Waals surface area contributed by atoms with Crippen molar-refractivity contribution >= 4 is 5.91 Å². The van der Waals surface area contributed by atoms with Gasteiger partial charge in [0.05, 0.1) is 6.20 Å². The molecule has 0 aliphatic rings. The van der Waals surface area contributed by atoms with Crippen molar-refractivity contribution in [3.63, 3.8) is 0 Å². The van der Waals surface area contributed by atoms with Gasteiger partial charge in [-0.1, -0.05) is 0 Å². The summed E-state index contributed by atoms with van der Waals surface area (Å²) >= 11 is 0. The SMILES string of the molecule is O=C(NCCn1cccc1)c1cnccn1. The van der Waals surface area contributed by atoms with Crippen LogP contribution >= 0.6 is 0 Å². The van der Waals surface area contributed by atoms with Crippen LogP contribution in [0.25, 0.3) is 0 Å². The van der Waals surface area contributed by atoms with E-state index in [9.17, 15) is 4.79 Å². The number of nitrogens with zero attached hydrogens (tertiary/aromatic N) is 3. The zero-order chi connectivity index (χ0) is 11.2. The molecule has 1 N–H and O–H groups in total. The number of hydrogen-bond donors (Lipinski definition) is 1. The highest BCUT2D eigenvalue weighted by molar-refractivity contribution is 5.91. The molecule has 0 aliphatic carbocycles. The van der Waals surface area contributed by atoms with Gasteiger partial charge in [-0.2, -0.15) is 0 Å². The lowest BCUT2D eigenvalue weighted by atomic mass is 10.4. The van der Waals surface area contributed by atoms with E-state index in [4.69, 9.17) is 0 Å². The molecule has 0 bridgehead atoms. The zero-order valence-corrected chi connectivity index (χ0v) is 8.71. The van der Waals surface area contributed by atoms with Crippen LogP contribution in [0.15, 0.2) is 43.1 Å². The fourth-order valence-corrected chi connectivity index (χ4v) is 1.32. The van der Waals surface area contributed by atoms with E-state index in [0.717, 1.165) is 6.54 Å². The first-order valence-corrected chi connectivity index (χ1v) is 5.01. The number of aromatic nitrogens is 3. The fourth-order valence-electron chi connectivity index (χ4n) is 1.32. The van der Waals surface area contributed by atoms with Crippen molar-refractivity contribution in [2.24, 2.45) is 0 Å². The molecule has 0 saturated heterocycles. The molecule has 1 amide bonds. The van der Waals surface area contributed by atoms with Crippen LogP contribution < -0.4 is 5.32 Å². The Morgan fingerprint density at radius 2 is 2.12 bits per heavy atom. The van der Waals surface area contributed by atoms with Crippen molar-refractivity contribution in [3.8, 4) is 0 Å². The molecule has 2 aromatic heterocycles. The molecule has 0 radical (unpaired) electrons. The summed E-state index contributed by atoms with van der Waals surface area (Å²) in [4.78, 5) is 19.3. The first-order chi connectivity index (χ1) is 7.86. The van der Waals surface area contributed by atoms with E-state index in [1.807, 2.05) is 29.1 Å². The highest BCUT2D eigenvalue weighted by Gasteiger charge is 2.04. The molecule has 2 rings (SSSR count). The van der Waals surface area contributed by atoms with Gasteiger partial charge in [-0.15, -0.1) is 0 Å². The van der Waals surface area contributed by atoms with E-state index < -0.39 is 0 Å². The van der Waals surface area contributed by atoms with Gasteiger partial charge in [0, 0.05) is 37.9 Å². The molecule has 2 aromatic rings. The zero-order valence-electron chi connectivity index (χ0n) is 8.71. The highest BCUT2D eigenvalue weighted by Crippen LogP contribution is 1.91. The molecule has 0 atom stereocenters. The summed E-state index contributed by atoms with van der Waals surface area (Å²) in [5, 5.41) is 2.77. The minimum Gasteiger partial charge on any atom is -0.353 e. The van der Waals surface area contributed by atoms with E-state index in [-0.39, 0.29) is 5.91 Å². The normalized spacial score (nSPS) is 10.0. The standard InChI is InChI=1S/C11H12N4O/c16-11(10-9-12-3-4-13-10)14-5-8-15-6-1-2-7-15/h1-4,6-7,9H,5,8H2,(H,14,16). The van der Waals surface area contributed by atoms with Gasteiger partial charge in [0.2, 0.25) is 0 Å². The van der Waals surface area contributed by atoms with Gasteiger partial charge in [-0.3, -0.25) is 9.78 Å². The van der Waals surface area contributed by atoms with Crippen molar-refractivity contribution in [2.45, 2.75) is 6.54 Å². The van der Waals surface area contributed by atoms with Gasteiger partial charge in [-0.05, 0) is 12.1 Å². The molecule has 0 spiro atoms. The van der Waals surface area contributed by atoms with E-state index in [0.29, 0.717) is 12.2 Å². The van der Waals surface area contributed by atoms with Crippen molar-refractivity contribution in [2.75, 3.05) is 6.54 Å². The van der Waals surface area contributed by atoms with E-state index in [1.165, 1.54) is 18.6 Å². The van der Waals surface area contributed by atoms with Crippen LogP contribution in [0.2, 0.25) is 0 Å². The van der Waals surface area contributed by atoms with Crippen LogP contribution in [0.1, 0.15) is 10.5 Å². The Labute approximate surface area is 93.2 Å². The predicted molar refractivity (Wildman–Crippen MR) is 58.8 cm³/mol. The number of rotatable bonds is 4. The van der Waals surface area contributed by atoms with Crippen LogP contribution in [-0.2, 0) is 6.54 Å². The monoisotopic (exact) mass is 216 g/mol. The summed E-state index contributed by atoms with van der Waals surface area (Å²) in [6, 6.07) is 3.90. The van der Waals surface area contributed by atoms with Gasteiger partial charge in [0.25, 0.3) is 5.91 Å². The second-order valence-corrected chi connectivity index (χ2v) is 3.27. The minimum absolute atomic E-state index is 0.194. The number of carbonyl (C=O) groups is 1. The third-order valence-electron chi connectivity index (χ3n) is 2.12. The highest BCUT2D eigenvalue weighted by atomic mass is 16.1. The van der Waals surface area contributed by atoms with Crippen LogP contribution in [0.5, 0.6) is 0 Å². The lowest BCUT2D eigenvalue weighted by Gasteiger charge is -2.04. The van der Waals surface area contributed by atoms with Gasteiger partial charge in [-0.25, -0.2) is 4.98 Å². The van der Waals surface area contributed by atoms with Crippen LogP contribution in [0, 0.1) is 0 Å². The number of nitrogens with one attached hydrogen (secondary N) is 1. The molecule has 5 nitrogen and oxygen atoms in total. The Morgan fingerprint density at radius 3 is 2.81 bits per heavy atom. The third-order valence-corrected chi connectivity index (χ3v) is 2.12. The van der Waals surface area contributed by atoms with Crippen LogP contribution in [0.4, 0.5) is 0 Å². The lowest BCUT2D eigenvalue weighted by Crippen LogP contribution is -2.27. The number of amides is 1. The molecule has 0 unspecified atom stereocenters. The fraction of sp³-hybridized carbons (Fsp3) is 0.182. The third kappa shape index (κ3) is 2.66. The molecule has 0 fully saturated rings. The quantitative estimate of drug-likeness (QED) is 0.818. The average Bonchev–Trinajstić information content (AvgIpc) is 2.83. The molecule has 0 aromatic carbocycles. The van der Waals surface area contributed by atoms with E-state index in [2.05, 4.69) is 15.3 Å². The van der Waals surface area contributed by atoms with Gasteiger partial charge in [0.15, 0.2) is 0 Å². The first kappa shape index (κ1) is 10.4. The Balaban J connectivity index is 1.81. The maximum absolute atomic E-state index is 11.6. The van der Waals surface area contributed by atoms with Crippen molar-refractivity contribution < 1.29 is 4.79 Å². The summed E-state index contributed by atoms with van der Waals surface area (Å²) in [6.07, 6.45) is 8.39. The molecule has 16 heavy (non-hydrogen) atoms. The number of hydrogen-bond acceptors (Lipinski definition) is 3. The topological polar surface area (TPSA) is 59.8 Å². The second-order valence-electron chi connectivity index (χ2n) is 3.27. The summed E-state index contributed by atoms with van der Waals surface area (Å²) in [7, 11) is 0. The molecule has 0 aliphatic heterocycles. The van der Waals surface area contributed by atoms with E-state index in [1.54, 1.807) is 0 Å². The van der Waals surface area contributed by atoms with Crippen LogP contribution in [0.3, 0.4) is 0 Å². The Morgan fingerprint density at radius 1 is 1.31 bits per heavy atom. The number of carbonyl (C=O) groups excluding carboxylic acids is 1. The Hall–Kier alpha value is -2.17. The van der Waals surface area contributed by atoms with Crippen molar-refractivity contribution in [1.82, 2.24) is 19.9 Å². The van der Waals surface area contributed by atoms with Crippen LogP contribution in [-0.4, -0.2) is 27.0 Å². The van der Waals surface area contributed by atoms with Crippen molar-refractivity contribution in [3.05, 3.63) is 48.8 Å². The summed E-state index contributed by atoms with van der Waals surface area (Å²) < 4.78 is 2.00. The first-order valence-electron chi connectivity index (χ1n) is 5.01. The van der Waals surface area contributed by atoms with Gasteiger partial charge < -0.3 is 9.88 Å². The molecule has 2 heterocycles. The van der Waals surface area contributed by atoms with Crippen molar-refractivity contribution in [1.29, 1.82) is 0 Å². The maximum Gasteiger partial charge on any atom is 0.271 e. The smallest absolute Gasteiger partial charge is 0.271 e. The minimum atomic E-state index is -0.194. The predicted octanol–water partition coefficient (Wildman–Crippen LogP) is 0.708. The lowest BCUT2D eigenvalue weighted by molar-refractivity contribution is 0.0947. The molecule has 0 saturated carbocycles. The molecule has 5 heteroatoms. The maximum atomic E-state index is 11.6. The average molecular weight is 216 g/mol. The van der Waals surface area contributed by atoms with Gasteiger partial charge in [0.1, 0.15) is 5.69 Å². The van der Waals surface area contributed by atoms with E-state index >= 15 is 0 Å². The molecule has 82 valence electrons. The summed E-state index contributed by atoms with van der Waals surface area (Å²) in [5.41, 5.74) is 0.343. The molecular formula is C11H12N4O. The second kappa shape index (κ2) is 5.06. The summed E-state index contributed by atoms with van der Waals surface area (Å²) in [5.74, 6) is -0.194. The molecular weight excluding hydrogens is 204 g/mol. The largest absolute Gasteiger partial charge is 0.353 e.